The van der Waals surface area contributed by atoms with E-state index in [0.29, 0.717) is 6.04 Å². The fourth-order valence-electron chi connectivity index (χ4n) is 5.39. The van der Waals surface area contributed by atoms with Gasteiger partial charge in [-0.2, -0.15) is 0 Å². The molecule has 38 heavy (non-hydrogen) atoms. The van der Waals surface area contributed by atoms with Crippen LogP contribution in [0.25, 0.3) is 39.3 Å². The first-order valence-electron chi connectivity index (χ1n) is 13.4. The summed E-state index contributed by atoms with van der Waals surface area (Å²) in [7, 11) is 1.76. The van der Waals surface area contributed by atoms with Crippen LogP contribution in [-0.4, -0.2) is 73.8 Å². The van der Waals surface area contributed by atoms with Crippen molar-refractivity contribution in [1.29, 1.82) is 0 Å². The standard InChI is InChI=1S/C29H34N8O/c1-4-20-8-5-6-9-22(20)23-10-7-11-24-26(23)33-27(31-24)25-18-37-19(2)34-35-29(37)28(32-25)30-21-12-14-36(15-13-21)16-17-38-3/h5-11,18,21H,4,12-17H2,1-3H3,(H,30,32)(H,31,33). The zero-order valence-corrected chi connectivity index (χ0v) is 22.2. The second-order valence-electron chi connectivity index (χ2n) is 9.97. The number of piperidine rings is 1. The number of anilines is 1. The number of hydrogen-bond donors (Lipinski definition) is 2. The Morgan fingerprint density at radius 3 is 2.66 bits per heavy atom. The van der Waals surface area contributed by atoms with E-state index in [1.165, 1.54) is 11.1 Å². The fraction of sp³-hybridized carbons (Fsp3) is 0.379. The molecule has 0 amide bonds. The average Bonchev–Trinajstić information content (AvgIpc) is 3.56. The molecule has 2 aromatic carbocycles. The lowest BCUT2D eigenvalue weighted by molar-refractivity contribution is 0.132. The Kier molecular flexibility index (Phi) is 6.78. The van der Waals surface area contributed by atoms with Crippen LogP contribution in [0.1, 0.15) is 31.2 Å². The molecule has 0 saturated carbocycles. The number of H-pyrrole nitrogens is 1. The van der Waals surface area contributed by atoms with Crippen molar-refractivity contribution in [3.05, 3.63) is 60.0 Å². The third kappa shape index (κ3) is 4.63. The van der Waals surface area contributed by atoms with Crippen molar-refractivity contribution in [2.24, 2.45) is 0 Å². The van der Waals surface area contributed by atoms with Gasteiger partial charge in [0.05, 0.1) is 17.6 Å². The Balaban J connectivity index is 1.35. The number of aromatic nitrogens is 6. The summed E-state index contributed by atoms with van der Waals surface area (Å²) < 4.78 is 7.24. The molecule has 4 heterocycles. The Morgan fingerprint density at radius 2 is 1.84 bits per heavy atom. The largest absolute Gasteiger partial charge is 0.383 e. The normalized spacial score (nSPS) is 15.0. The van der Waals surface area contributed by atoms with Gasteiger partial charge in [-0.05, 0) is 43.4 Å². The summed E-state index contributed by atoms with van der Waals surface area (Å²) in [4.78, 5) is 16.0. The van der Waals surface area contributed by atoms with E-state index in [9.17, 15) is 0 Å². The molecule has 1 aliphatic rings. The lowest BCUT2D eigenvalue weighted by Gasteiger charge is -2.32. The monoisotopic (exact) mass is 510 g/mol. The molecule has 0 spiro atoms. The summed E-state index contributed by atoms with van der Waals surface area (Å²) >= 11 is 0. The molecule has 1 aliphatic heterocycles. The summed E-state index contributed by atoms with van der Waals surface area (Å²) in [6, 6.07) is 15.2. The molecule has 9 heteroatoms. The van der Waals surface area contributed by atoms with Gasteiger partial charge in [0.25, 0.3) is 0 Å². The number of rotatable bonds is 8. The first-order valence-corrected chi connectivity index (χ1v) is 13.4. The van der Waals surface area contributed by atoms with E-state index in [1.807, 2.05) is 17.5 Å². The maximum Gasteiger partial charge on any atom is 0.203 e. The molecule has 1 fully saturated rings. The summed E-state index contributed by atoms with van der Waals surface area (Å²) in [5.41, 5.74) is 7.09. The molecule has 6 rings (SSSR count). The number of methoxy groups -OCH3 is 1. The van der Waals surface area contributed by atoms with Gasteiger partial charge < -0.3 is 19.9 Å². The van der Waals surface area contributed by atoms with Gasteiger partial charge in [-0.25, -0.2) is 9.97 Å². The number of benzene rings is 2. The van der Waals surface area contributed by atoms with Gasteiger partial charge in [-0.1, -0.05) is 43.3 Å². The van der Waals surface area contributed by atoms with E-state index in [1.54, 1.807) is 7.11 Å². The maximum atomic E-state index is 5.24. The third-order valence-electron chi connectivity index (χ3n) is 7.55. The van der Waals surface area contributed by atoms with Crippen LogP contribution < -0.4 is 5.32 Å². The molecule has 1 saturated heterocycles. The van der Waals surface area contributed by atoms with Gasteiger partial charge in [-0.15, -0.1) is 10.2 Å². The molecule has 0 bridgehead atoms. The SMILES string of the molecule is CCc1ccccc1-c1cccc2[nH]c(-c3cn4c(C)nnc4c(NC4CCN(CCOC)CC4)n3)nc12. The van der Waals surface area contributed by atoms with E-state index < -0.39 is 0 Å². The molecular formula is C29H34N8O. The fourth-order valence-corrected chi connectivity index (χ4v) is 5.39. The molecule has 3 aromatic heterocycles. The summed E-state index contributed by atoms with van der Waals surface area (Å²) in [5, 5.41) is 12.4. The first-order chi connectivity index (χ1) is 18.6. The maximum absolute atomic E-state index is 5.24. The zero-order chi connectivity index (χ0) is 26.1. The minimum atomic E-state index is 0.324. The lowest BCUT2D eigenvalue weighted by atomic mass is 9.97. The molecule has 196 valence electrons. The quantitative estimate of drug-likeness (QED) is 0.312. The minimum Gasteiger partial charge on any atom is -0.383 e. The number of imidazole rings is 1. The number of nitrogens with one attached hydrogen (secondary N) is 2. The van der Waals surface area contributed by atoms with Crippen molar-refractivity contribution in [2.45, 2.75) is 39.2 Å². The molecule has 2 N–H and O–H groups in total. The molecule has 0 radical (unpaired) electrons. The van der Waals surface area contributed by atoms with E-state index in [4.69, 9.17) is 14.7 Å². The summed E-state index contributed by atoms with van der Waals surface area (Å²) in [6.45, 7) is 7.96. The predicted molar refractivity (Wildman–Crippen MR) is 150 cm³/mol. The highest BCUT2D eigenvalue weighted by Gasteiger charge is 2.22. The number of para-hydroxylation sites is 1. The highest BCUT2D eigenvalue weighted by Crippen LogP contribution is 2.32. The number of aryl methyl sites for hydroxylation is 2. The first kappa shape index (κ1) is 24.5. The van der Waals surface area contributed by atoms with Crippen LogP contribution in [0.15, 0.2) is 48.7 Å². The van der Waals surface area contributed by atoms with Crippen LogP contribution in [-0.2, 0) is 11.2 Å². The highest BCUT2D eigenvalue weighted by atomic mass is 16.5. The number of nitrogens with zero attached hydrogens (tertiary/aromatic N) is 6. The zero-order valence-electron chi connectivity index (χ0n) is 22.2. The summed E-state index contributed by atoms with van der Waals surface area (Å²) in [5.74, 6) is 2.29. The lowest BCUT2D eigenvalue weighted by Crippen LogP contribution is -2.40. The highest BCUT2D eigenvalue weighted by molar-refractivity contribution is 5.94. The van der Waals surface area contributed by atoms with Gasteiger partial charge in [0.1, 0.15) is 11.5 Å². The van der Waals surface area contributed by atoms with Crippen LogP contribution in [0.4, 0.5) is 5.82 Å². The Labute approximate surface area is 222 Å². The van der Waals surface area contributed by atoms with E-state index in [0.717, 1.165) is 90.9 Å². The van der Waals surface area contributed by atoms with Crippen molar-refractivity contribution >= 4 is 22.5 Å². The smallest absolute Gasteiger partial charge is 0.203 e. The molecule has 0 unspecified atom stereocenters. The van der Waals surface area contributed by atoms with Crippen LogP contribution in [0, 0.1) is 6.92 Å². The predicted octanol–water partition coefficient (Wildman–Crippen LogP) is 4.73. The minimum absolute atomic E-state index is 0.324. The van der Waals surface area contributed by atoms with E-state index in [-0.39, 0.29) is 0 Å². The molecular weight excluding hydrogens is 476 g/mol. The Bertz CT molecular complexity index is 1560. The molecule has 0 atom stereocenters. The van der Waals surface area contributed by atoms with Gasteiger partial charge in [0.15, 0.2) is 11.6 Å². The van der Waals surface area contributed by atoms with Crippen molar-refractivity contribution in [2.75, 3.05) is 38.7 Å². The van der Waals surface area contributed by atoms with Crippen LogP contribution in [0.5, 0.6) is 0 Å². The van der Waals surface area contributed by atoms with Crippen LogP contribution >= 0.6 is 0 Å². The van der Waals surface area contributed by atoms with Crippen molar-refractivity contribution in [1.82, 2.24) is 34.4 Å². The van der Waals surface area contributed by atoms with Crippen molar-refractivity contribution in [3.8, 4) is 22.6 Å². The van der Waals surface area contributed by atoms with Crippen molar-refractivity contribution < 1.29 is 4.74 Å². The second-order valence-corrected chi connectivity index (χ2v) is 9.97. The second kappa shape index (κ2) is 10.5. The van der Waals surface area contributed by atoms with Gasteiger partial charge >= 0.3 is 0 Å². The number of aromatic amines is 1. The average molecular weight is 511 g/mol. The number of likely N-dealkylation sites (tertiary alicyclic amines) is 1. The van der Waals surface area contributed by atoms with E-state index in [2.05, 4.69) is 74.8 Å². The number of fused-ring (bicyclic) bond motifs is 2. The van der Waals surface area contributed by atoms with Crippen LogP contribution in [0.3, 0.4) is 0 Å². The van der Waals surface area contributed by atoms with E-state index >= 15 is 0 Å². The molecule has 9 nitrogen and oxygen atoms in total. The Hall–Kier alpha value is -3.82. The molecule has 5 aromatic rings. The molecule has 0 aliphatic carbocycles. The third-order valence-corrected chi connectivity index (χ3v) is 7.55. The topological polar surface area (TPSA) is 96.3 Å². The van der Waals surface area contributed by atoms with Gasteiger partial charge in [-0.3, -0.25) is 4.40 Å². The van der Waals surface area contributed by atoms with Crippen LogP contribution in [0.2, 0.25) is 0 Å². The number of hydrogen-bond acceptors (Lipinski definition) is 7. The van der Waals surface area contributed by atoms with Gasteiger partial charge in [0.2, 0.25) is 5.65 Å². The number of ether oxygens (including phenoxy) is 1. The van der Waals surface area contributed by atoms with Gasteiger partial charge in [0, 0.05) is 44.5 Å². The van der Waals surface area contributed by atoms with Crippen molar-refractivity contribution in [3.63, 3.8) is 0 Å². The summed E-state index contributed by atoms with van der Waals surface area (Å²) in [6.07, 6.45) is 5.02. The Morgan fingerprint density at radius 1 is 1.03 bits per heavy atom.